The number of amides is 1. The molecule has 162 valence electrons. The second-order valence-corrected chi connectivity index (χ2v) is 10.1. The molecule has 2 aromatic rings. The number of ether oxygens (including phenoxy) is 1. The zero-order valence-electron chi connectivity index (χ0n) is 16.3. The summed E-state index contributed by atoms with van der Waals surface area (Å²) in [6.07, 6.45) is 3.56. The Bertz CT molecular complexity index is 1040. The van der Waals surface area contributed by atoms with Crippen LogP contribution in [0.1, 0.15) is 22.3 Å². The number of benzene rings is 1. The molecule has 1 aliphatic heterocycles. The lowest BCUT2D eigenvalue weighted by Crippen LogP contribution is -2.27. The summed E-state index contributed by atoms with van der Waals surface area (Å²) in [4.78, 5) is 18.9. The molecule has 0 aliphatic carbocycles. The largest absolute Gasteiger partial charge is 0.487 e. The molecule has 0 bridgehead atoms. The number of aromatic nitrogens is 1. The Morgan fingerprint density at radius 3 is 2.60 bits per heavy atom. The number of carbonyl (C=O) groups is 1. The fraction of sp³-hybridized carbons (Fsp3) is 0.368. The number of hydrogen-bond donors (Lipinski definition) is 2. The molecule has 7 nitrogen and oxygen atoms in total. The third-order valence-corrected chi connectivity index (χ3v) is 6.47. The first-order chi connectivity index (χ1) is 13.9. The average Bonchev–Trinajstić information content (AvgIpc) is 3.12. The van der Waals surface area contributed by atoms with Crippen LogP contribution >= 0.6 is 11.6 Å². The van der Waals surface area contributed by atoms with E-state index in [9.17, 15) is 17.8 Å². The summed E-state index contributed by atoms with van der Waals surface area (Å²) in [7, 11) is -2.62. The topological polar surface area (TPSA) is 95.4 Å². The number of halogens is 3. The van der Waals surface area contributed by atoms with Gasteiger partial charge in [0.2, 0.25) is 0 Å². The second-order valence-electron chi connectivity index (χ2n) is 7.15. The molecule has 30 heavy (non-hydrogen) atoms. The minimum atomic E-state index is -3.81. The Morgan fingerprint density at radius 2 is 2.07 bits per heavy atom. The molecule has 1 aromatic heterocycles. The predicted molar refractivity (Wildman–Crippen MR) is 112 cm³/mol. The van der Waals surface area contributed by atoms with Crippen LogP contribution in [0.4, 0.5) is 20.3 Å². The number of pyridine rings is 1. The molecule has 1 aliphatic rings. The highest BCUT2D eigenvalue weighted by molar-refractivity contribution is 7.92. The summed E-state index contributed by atoms with van der Waals surface area (Å²) >= 11 is 4.72. The average molecular weight is 459 g/mol. The van der Waals surface area contributed by atoms with Crippen molar-refractivity contribution in [1.82, 2.24) is 4.98 Å². The number of nitrogens with one attached hydrogen (secondary N) is 2. The van der Waals surface area contributed by atoms with Crippen molar-refractivity contribution in [2.45, 2.75) is 24.2 Å². The van der Waals surface area contributed by atoms with Gasteiger partial charge >= 0.3 is 5.57 Å². The van der Waals surface area contributed by atoms with Crippen molar-refractivity contribution >= 4 is 38.7 Å². The molecule has 2 heterocycles. The molecule has 0 spiro atoms. The predicted octanol–water partition coefficient (Wildman–Crippen LogP) is 4.07. The van der Waals surface area contributed by atoms with Crippen molar-refractivity contribution in [2.24, 2.45) is 0 Å². The highest BCUT2D eigenvalue weighted by Crippen LogP contribution is 2.27. The van der Waals surface area contributed by atoms with Gasteiger partial charge in [0.15, 0.2) is 0 Å². The van der Waals surface area contributed by atoms with Crippen molar-refractivity contribution in [2.75, 3.05) is 29.6 Å². The molecule has 0 saturated carbocycles. The lowest BCUT2D eigenvalue weighted by atomic mass is 10.2. The van der Waals surface area contributed by atoms with Crippen LogP contribution in [0.15, 0.2) is 36.5 Å². The Morgan fingerprint density at radius 1 is 1.40 bits per heavy atom. The summed E-state index contributed by atoms with van der Waals surface area (Å²) < 4.78 is 49.2. The first kappa shape index (κ1) is 22.2. The van der Waals surface area contributed by atoms with E-state index in [4.69, 9.17) is 16.4 Å². The van der Waals surface area contributed by atoms with Gasteiger partial charge in [-0.3, -0.25) is 9.57 Å². The van der Waals surface area contributed by atoms with Gasteiger partial charge in [0.05, 0.1) is 10.8 Å². The van der Waals surface area contributed by atoms with Crippen LogP contribution in [-0.2, 0) is 9.73 Å². The fourth-order valence-corrected chi connectivity index (χ4v) is 4.36. The van der Waals surface area contributed by atoms with Crippen LogP contribution in [0.25, 0.3) is 0 Å². The molecule has 1 saturated heterocycles. The van der Waals surface area contributed by atoms with Crippen LogP contribution in [0.5, 0.6) is 5.75 Å². The van der Waals surface area contributed by atoms with Crippen molar-refractivity contribution in [3.63, 3.8) is 0 Å². The molecule has 11 heteroatoms. The van der Waals surface area contributed by atoms with Crippen molar-refractivity contribution in [3.05, 3.63) is 47.7 Å². The summed E-state index contributed by atoms with van der Waals surface area (Å²) in [6, 6.07) is 7.05. The highest BCUT2D eigenvalue weighted by atomic mass is 35.5. The van der Waals surface area contributed by atoms with E-state index < -0.39 is 21.2 Å². The minimum Gasteiger partial charge on any atom is -0.420 e. The quantitative estimate of drug-likeness (QED) is 0.636. The van der Waals surface area contributed by atoms with Crippen LogP contribution in [-0.4, -0.2) is 45.3 Å². The zero-order chi connectivity index (χ0) is 22.1. The van der Waals surface area contributed by atoms with E-state index in [2.05, 4.69) is 15.0 Å². The van der Waals surface area contributed by atoms with Gasteiger partial charge in [-0.2, -0.15) is 0 Å². The normalized spacial score (nSPS) is 18.7. The van der Waals surface area contributed by atoms with E-state index in [0.717, 1.165) is 5.56 Å². The minimum absolute atomic E-state index is 0.137. The standard InChI is InChI=1S/C19H21ClF2N4O3S/c1-12-9-13(10-24-17(12)26-8-7-16(11-26)30(2,23)28)18(27)25-14-3-5-15(6-4-14)29-19(20,21)22/h3-6,9-10,16,23H,7-8,11H2,1-2H3,(H,25,27)/t16-,30?/m1/s1. The van der Waals surface area contributed by atoms with E-state index in [-0.39, 0.29) is 11.0 Å². The second kappa shape index (κ2) is 8.35. The van der Waals surface area contributed by atoms with E-state index in [1.165, 1.54) is 36.7 Å². The molecule has 3 rings (SSSR count). The lowest BCUT2D eigenvalue weighted by Gasteiger charge is -2.20. The number of nitrogens with zero attached hydrogens (tertiary/aromatic N) is 2. The van der Waals surface area contributed by atoms with Gasteiger partial charge in [0.1, 0.15) is 11.6 Å². The maximum absolute atomic E-state index is 12.6. The number of carbonyl (C=O) groups excluding carboxylic acids is 1. The first-order valence-electron chi connectivity index (χ1n) is 9.04. The number of hydrogen-bond acceptors (Lipinski definition) is 6. The molecular weight excluding hydrogens is 438 g/mol. The molecule has 1 fully saturated rings. The molecule has 0 radical (unpaired) electrons. The van der Waals surface area contributed by atoms with Gasteiger partial charge in [-0.05, 0) is 49.2 Å². The molecular formula is C19H21ClF2N4O3S. The highest BCUT2D eigenvalue weighted by Gasteiger charge is 2.30. The van der Waals surface area contributed by atoms with Crippen molar-refractivity contribution in [1.29, 1.82) is 4.78 Å². The maximum Gasteiger partial charge on any atom is 0.487 e. The van der Waals surface area contributed by atoms with E-state index in [1.54, 1.807) is 6.07 Å². The summed E-state index contributed by atoms with van der Waals surface area (Å²) in [6.45, 7) is 2.98. The third-order valence-electron chi connectivity index (χ3n) is 4.74. The smallest absolute Gasteiger partial charge is 0.420 e. The van der Waals surface area contributed by atoms with Crippen LogP contribution in [0.2, 0.25) is 0 Å². The van der Waals surface area contributed by atoms with Crippen LogP contribution < -0.4 is 15.0 Å². The number of aryl methyl sites for hydroxylation is 1. The molecule has 1 unspecified atom stereocenters. The van der Waals surface area contributed by atoms with Gasteiger partial charge in [-0.15, -0.1) is 8.78 Å². The third kappa shape index (κ3) is 5.57. The molecule has 1 amide bonds. The molecule has 1 aromatic carbocycles. The molecule has 2 N–H and O–H groups in total. The maximum atomic E-state index is 12.6. The Hall–Kier alpha value is -2.46. The lowest BCUT2D eigenvalue weighted by molar-refractivity contribution is -0.0964. The number of rotatable bonds is 6. The number of anilines is 2. The van der Waals surface area contributed by atoms with E-state index >= 15 is 0 Å². The first-order valence-corrected chi connectivity index (χ1v) is 11.4. The van der Waals surface area contributed by atoms with Crippen molar-refractivity contribution in [3.8, 4) is 5.75 Å². The molecule has 2 atom stereocenters. The van der Waals surface area contributed by atoms with E-state index in [1.807, 2.05) is 11.8 Å². The zero-order valence-corrected chi connectivity index (χ0v) is 17.9. The van der Waals surface area contributed by atoms with Gasteiger partial charge in [-0.25, -0.2) is 9.19 Å². The summed E-state index contributed by atoms with van der Waals surface area (Å²) in [5.74, 6) is 0.152. The summed E-state index contributed by atoms with van der Waals surface area (Å²) in [5.41, 5.74) is -2.30. The Balaban J connectivity index is 1.67. The Labute approximate surface area is 178 Å². The van der Waals surface area contributed by atoms with Gasteiger partial charge in [0, 0.05) is 52.6 Å². The fourth-order valence-electron chi connectivity index (χ4n) is 3.25. The number of alkyl halides is 3. The SMILES string of the molecule is Cc1cc(C(=O)Nc2ccc(OC(F)(F)Cl)cc2)cnc1N1CC[C@@H](S(C)(=N)=O)C1. The summed E-state index contributed by atoms with van der Waals surface area (Å²) in [5, 5.41) is 2.46. The van der Waals surface area contributed by atoms with Crippen molar-refractivity contribution < 1.29 is 22.5 Å². The van der Waals surface area contributed by atoms with Gasteiger partial charge in [0.25, 0.3) is 5.91 Å². The van der Waals surface area contributed by atoms with Crippen LogP contribution in [0.3, 0.4) is 0 Å². The Kier molecular flexibility index (Phi) is 6.19. The monoisotopic (exact) mass is 458 g/mol. The van der Waals surface area contributed by atoms with Crippen LogP contribution in [0, 0.1) is 11.7 Å². The van der Waals surface area contributed by atoms with Gasteiger partial charge < -0.3 is 15.0 Å². The van der Waals surface area contributed by atoms with E-state index in [0.29, 0.717) is 36.6 Å². The van der Waals surface area contributed by atoms with Gasteiger partial charge in [-0.1, -0.05) is 0 Å².